The molecule has 1 N–H and O–H groups in total. The zero-order valence-corrected chi connectivity index (χ0v) is 17.8. The van der Waals surface area contributed by atoms with Gasteiger partial charge in [0.15, 0.2) is 6.61 Å². The smallest absolute Gasteiger partial charge is 0.341 e. The molecule has 1 aromatic heterocycles. The van der Waals surface area contributed by atoms with Gasteiger partial charge in [0.25, 0.3) is 0 Å². The van der Waals surface area contributed by atoms with Gasteiger partial charge >= 0.3 is 5.97 Å². The van der Waals surface area contributed by atoms with Crippen LogP contribution in [0, 0.1) is 13.8 Å². The summed E-state index contributed by atoms with van der Waals surface area (Å²) in [5.74, 6) is 0.489. The lowest BCUT2D eigenvalue weighted by atomic mass is 10.1. The Hall–Kier alpha value is -2.31. The molecule has 146 valence electrons. The predicted octanol–water partition coefficient (Wildman–Crippen LogP) is 5.75. The van der Waals surface area contributed by atoms with Crippen LogP contribution in [0.25, 0.3) is 10.6 Å². The molecule has 1 heterocycles. The summed E-state index contributed by atoms with van der Waals surface area (Å²) >= 11 is 3.49. The van der Waals surface area contributed by atoms with E-state index in [1.165, 1.54) is 10.4 Å². The number of aryl methyl sites for hydroxylation is 3. The highest BCUT2D eigenvalue weighted by Crippen LogP contribution is 2.34. The number of aliphatic carboxylic acids is 1. The van der Waals surface area contributed by atoms with Crippen LogP contribution >= 0.6 is 23.1 Å². The number of benzene rings is 2. The number of aromatic nitrogens is 1. The van der Waals surface area contributed by atoms with Crippen LogP contribution in [0.15, 0.2) is 47.4 Å². The van der Waals surface area contributed by atoms with E-state index in [0.717, 1.165) is 38.9 Å². The third-order valence-electron chi connectivity index (χ3n) is 4.37. The molecule has 28 heavy (non-hydrogen) atoms. The predicted molar refractivity (Wildman–Crippen MR) is 116 cm³/mol. The maximum absolute atomic E-state index is 10.6. The second-order valence-electron chi connectivity index (χ2n) is 6.48. The van der Waals surface area contributed by atoms with E-state index in [-0.39, 0.29) is 6.61 Å². The van der Waals surface area contributed by atoms with Crippen molar-refractivity contribution in [2.75, 3.05) is 6.61 Å². The Bertz CT molecular complexity index is 964. The minimum absolute atomic E-state index is 0.324. The molecule has 0 atom stereocenters. The second kappa shape index (κ2) is 9.26. The Kier molecular flexibility index (Phi) is 6.75. The van der Waals surface area contributed by atoms with Gasteiger partial charge < -0.3 is 9.84 Å². The van der Waals surface area contributed by atoms with Crippen molar-refractivity contribution in [3.63, 3.8) is 0 Å². The van der Waals surface area contributed by atoms with Crippen LogP contribution in [0.4, 0.5) is 0 Å². The molecule has 0 spiro atoms. The lowest BCUT2D eigenvalue weighted by Crippen LogP contribution is -2.09. The topological polar surface area (TPSA) is 59.4 Å². The highest BCUT2D eigenvalue weighted by molar-refractivity contribution is 7.98. The average molecular weight is 414 g/mol. The minimum atomic E-state index is -0.973. The average Bonchev–Trinajstić information content (AvgIpc) is 3.06. The first-order valence-electron chi connectivity index (χ1n) is 9.10. The number of carboxylic acids is 1. The van der Waals surface area contributed by atoms with Gasteiger partial charge in [-0.25, -0.2) is 9.78 Å². The molecule has 4 nitrogen and oxygen atoms in total. The monoisotopic (exact) mass is 413 g/mol. The van der Waals surface area contributed by atoms with Gasteiger partial charge in [-0.05, 0) is 49.6 Å². The standard InChI is InChI=1S/C22H23NO3S2/c1-4-16-5-7-17(8-6-16)22-23-15(3)20(28-22)13-27-18-9-10-19(14(2)11-18)26-12-21(24)25/h5-11H,4,12-13H2,1-3H3,(H,24,25). The van der Waals surface area contributed by atoms with Crippen molar-refractivity contribution in [3.8, 4) is 16.3 Å². The van der Waals surface area contributed by atoms with Crippen molar-refractivity contribution in [1.82, 2.24) is 4.98 Å². The number of carbonyl (C=O) groups is 1. The summed E-state index contributed by atoms with van der Waals surface area (Å²) in [7, 11) is 0. The van der Waals surface area contributed by atoms with Crippen LogP contribution in [-0.4, -0.2) is 22.7 Å². The Labute approximate surface area is 173 Å². The summed E-state index contributed by atoms with van der Waals surface area (Å²) in [6, 6.07) is 14.5. The van der Waals surface area contributed by atoms with E-state index in [1.54, 1.807) is 23.1 Å². The Morgan fingerprint density at radius 3 is 2.57 bits per heavy atom. The number of rotatable bonds is 8. The molecule has 0 aliphatic carbocycles. The Morgan fingerprint density at radius 2 is 1.93 bits per heavy atom. The van der Waals surface area contributed by atoms with E-state index >= 15 is 0 Å². The minimum Gasteiger partial charge on any atom is -0.482 e. The fraction of sp³-hybridized carbons (Fsp3) is 0.273. The van der Waals surface area contributed by atoms with Crippen LogP contribution < -0.4 is 4.74 Å². The second-order valence-corrected chi connectivity index (χ2v) is 8.61. The normalized spacial score (nSPS) is 10.8. The maximum atomic E-state index is 10.6. The lowest BCUT2D eigenvalue weighted by Gasteiger charge is -2.08. The molecular formula is C22H23NO3S2. The largest absolute Gasteiger partial charge is 0.482 e. The quantitative estimate of drug-likeness (QED) is 0.477. The molecule has 0 saturated heterocycles. The van der Waals surface area contributed by atoms with Gasteiger partial charge in [0.05, 0.1) is 5.69 Å². The molecule has 0 amide bonds. The SMILES string of the molecule is CCc1ccc(-c2nc(C)c(CSc3ccc(OCC(=O)O)c(C)c3)s2)cc1. The molecule has 0 saturated carbocycles. The zero-order valence-electron chi connectivity index (χ0n) is 16.2. The van der Waals surface area contributed by atoms with Crippen LogP contribution in [-0.2, 0) is 17.0 Å². The van der Waals surface area contributed by atoms with Crippen LogP contribution in [0.1, 0.15) is 28.6 Å². The van der Waals surface area contributed by atoms with Gasteiger partial charge in [-0.3, -0.25) is 0 Å². The van der Waals surface area contributed by atoms with Crippen molar-refractivity contribution in [1.29, 1.82) is 0 Å². The Balaban J connectivity index is 1.66. The van der Waals surface area contributed by atoms with Crippen molar-refractivity contribution >= 4 is 29.1 Å². The van der Waals surface area contributed by atoms with Gasteiger partial charge in [-0.1, -0.05) is 31.2 Å². The number of thiazole rings is 1. The maximum Gasteiger partial charge on any atom is 0.341 e. The van der Waals surface area contributed by atoms with Gasteiger partial charge in [0.2, 0.25) is 0 Å². The first kappa shape index (κ1) is 20.4. The molecule has 3 aromatic rings. The van der Waals surface area contributed by atoms with Crippen LogP contribution in [0.2, 0.25) is 0 Å². The lowest BCUT2D eigenvalue weighted by molar-refractivity contribution is -0.139. The Morgan fingerprint density at radius 1 is 1.18 bits per heavy atom. The highest BCUT2D eigenvalue weighted by Gasteiger charge is 2.11. The van der Waals surface area contributed by atoms with Crippen LogP contribution in [0.3, 0.4) is 0 Å². The fourth-order valence-electron chi connectivity index (χ4n) is 2.73. The zero-order chi connectivity index (χ0) is 20.1. The van der Waals surface area contributed by atoms with Gasteiger partial charge in [-0.2, -0.15) is 0 Å². The molecule has 0 bridgehead atoms. The molecule has 0 unspecified atom stereocenters. The van der Waals surface area contributed by atoms with E-state index in [0.29, 0.717) is 5.75 Å². The van der Waals surface area contributed by atoms with E-state index < -0.39 is 5.97 Å². The first-order valence-corrected chi connectivity index (χ1v) is 10.9. The summed E-state index contributed by atoms with van der Waals surface area (Å²) in [6.45, 7) is 5.82. The summed E-state index contributed by atoms with van der Waals surface area (Å²) in [6.07, 6.45) is 1.04. The van der Waals surface area contributed by atoms with Crippen molar-refractivity contribution in [2.24, 2.45) is 0 Å². The van der Waals surface area contributed by atoms with E-state index in [2.05, 4.69) is 38.1 Å². The number of ether oxygens (including phenoxy) is 1. The van der Waals surface area contributed by atoms with Gasteiger partial charge in [-0.15, -0.1) is 23.1 Å². The van der Waals surface area contributed by atoms with Crippen molar-refractivity contribution in [2.45, 2.75) is 37.8 Å². The summed E-state index contributed by atoms with van der Waals surface area (Å²) < 4.78 is 5.29. The molecule has 3 rings (SSSR count). The third-order valence-corrected chi connectivity index (χ3v) is 6.78. The molecule has 0 radical (unpaired) electrons. The molecule has 0 aliphatic heterocycles. The fourth-order valence-corrected chi connectivity index (χ4v) is 4.94. The van der Waals surface area contributed by atoms with Crippen molar-refractivity contribution < 1.29 is 14.6 Å². The van der Waals surface area contributed by atoms with Gasteiger partial charge in [0.1, 0.15) is 10.8 Å². The molecule has 2 aromatic carbocycles. The number of hydrogen-bond acceptors (Lipinski definition) is 5. The number of hydrogen-bond donors (Lipinski definition) is 1. The summed E-state index contributed by atoms with van der Waals surface area (Å²) in [4.78, 5) is 17.8. The molecule has 0 aliphatic rings. The number of nitrogens with zero attached hydrogens (tertiary/aromatic N) is 1. The number of carboxylic acid groups (broad SMARTS) is 1. The van der Waals surface area contributed by atoms with E-state index in [1.807, 2.05) is 25.1 Å². The molecule has 6 heteroatoms. The van der Waals surface area contributed by atoms with Crippen LogP contribution in [0.5, 0.6) is 5.75 Å². The molecular weight excluding hydrogens is 390 g/mol. The first-order chi connectivity index (χ1) is 13.5. The third kappa shape index (κ3) is 5.14. The number of thioether (sulfide) groups is 1. The van der Waals surface area contributed by atoms with Crippen molar-refractivity contribution in [3.05, 3.63) is 64.2 Å². The van der Waals surface area contributed by atoms with Gasteiger partial charge in [0, 0.05) is 21.1 Å². The summed E-state index contributed by atoms with van der Waals surface area (Å²) in [5.41, 5.74) is 4.51. The highest BCUT2D eigenvalue weighted by atomic mass is 32.2. The van der Waals surface area contributed by atoms with E-state index in [4.69, 9.17) is 14.8 Å². The summed E-state index contributed by atoms with van der Waals surface area (Å²) in [5, 5.41) is 9.79. The van der Waals surface area contributed by atoms with E-state index in [9.17, 15) is 4.79 Å². The molecule has 0 fully saturated rings.